The van der Waals surface area contributed by atoms with Crippen LogP contribution in [0.5, 0.6) is 0 Å². The molecule has 1 aliphatic heterocycles. The highest BCUT2D eigenvalue weighted by molar-refractivity contribution is 9.10. The van der Waals surface area contributed by atoms with E-state index >= 15 is 0 Å². The normalized spacial score (nSPS) is 15.0. The number of aryl methyl sites for hydroxylation is 4. The molecule has 0 unspecified atom stereocenters. The largest absolute Gasteiger partial charge is 0.481 e. The standard InChI is InChI=1S/C26H32BrN3O2/c1-15-12-21(27)13-16(2)25(15)30-19(5)18(4)24-22(30)14-17(3)28-26(24)29-10-8-20(9-11-29)6-7-23(31)32/h12-14,20H,6-11H2,1-5H3,(H,31,32). The summed E-state index contributed by atoms with van der Waals surface area (Å²) < 4.78 is 3.51. The first-order valence-corrected chi connectivity index (χ1v) is 12.2. The van der Waals surface area contributed by atoms with E-state index in [0.29, 0.717) is 5.92 Å². The first-order chi connectivity index (χ1) is 15.2. The molecular formula is C26H32BrN3O2. The van der Waals surface area contributed by atoms with Crippen LogP contribution in [0, 0.1) is 40.5 Å². The van der Waals surface area contributed by atoms with Gasteiger partial charge in [0.25, 0.3) is 0 Å². The molecule has 32 heavy (non-hydrogen) atoms. The van der Waals surface area contributed by atoms with Gasteiger partial charge in [-0.15, -0.1) is 0 Å². The van der Waals surface area contributed by atoms with Gasteiger partial charge in [0.15, 0.2) is 0 Å². The average Bonchev–Trinajstić information content (AvgIpc) is 2.96. The number of pyridine rings is 1. The van der Waals surface area contributed by atoms with Crippen molar-refractivity contribution in [1.82, 2.24) is 9.55 Å². The zero-order chi connectivity index (χ0) is 23.2. The highest BCUT2D eigenvalue weighted by Crippen LogP contribution is 2.38. The lowest BCUT2D eigenvalue weighted by atomic mass is 9.92. The molecule has 0 saturated carbocycles. The average molecular weight is 498 g/mol. The number of benzene rings is 1. The maximum absolute atomic E-state index is 10.9. The summed E-state index contributed by atoms with van der Waals surface area (Å²) in [7, 11) is 0. The maximum atomic E-state index is 10.9. The third-order valence-electron chi connectivity index (χ3n) is 6.96. The predicted octanol–water partition coefficient (Wildman–Crippen LogP) is 6.41. The minimum atomic E-state index is -0.694. The van der Waals surface area contributed by atoms with Crippen LogP contribution in [-0.2, 0) is 4.79 Å². The minimum Gasteiger partial charge on any atom is -0.481 e. The molecule has 3 aromatic rings. The fourth-order valence-corrected chi connectivity index (χ4v) is 5.93. The molecule has 5 nitrogen and oxygen atoms in total. The van der Waals surface area contributed by atoms with E-state index in [2.05, 4.69) is 78.2 Å². The lowest BCUT2D eigenvalue weighted by Crippen LogP contribution is -2.34. The Labute approximate surface area is 198 Å². The summed E-state index contributed by atoms with van der Waals surface area (Å²) in [6, 6.07) is 6.57. The zero-order valence-corrected chi connectivity index (χ0v) is 21.2. The highest BCUT2D eigenvalue weighted by Gasteiger charge is 2.26. The van der Waals surface area contributed by atoms with Crippen molar-refractivity contribution in [3.05, 3.63) is 50.8 Å². The predicted molar refractivity (Wildman–Crippen MR) is 134 cm³/mol. The van der Waals surface area contributed by atoms with Gasteiger partial charge in [0.05, 0.1) is 11.2 Å². The van der Waals surface area contributed by atoms with Gasteiger partial charge in [-0.2, -0.15) is 0 Å². The van der Waals surface area contributed by atoms with E-state index in [1.807, 2.05) is 0 Å². The van der Waals surface area contributed by atoms with Crippen LogP contribution in [0.4, 0.5) is 5.82 Å². The fraction of sp³-hybridized carbons (Fsp3) is 0.462. The molecule has 170 valence electrons. The molecule has 3 heterocycles. The Balaban J connectivity index is 1.78. The van der Waals surface area contributed by atoms with Crippen LogP contribution in [-0.4, -0.2) is 33.7 Å². The van der Waals surface area contributed by atoms with Crippen molar-refractivity contribution in [2.24, 2.45) is 5.92 Å². The van der Waals surface area contributed by atoms with E-state index in [4.69, 9.17) is 10.1 Å². The number of carbonyl (C=O) groups is 1. The van der Waals surface area contributed by atoms with Crippen LogP contribution in [0.3, 0.4) is 0 Å². The Morgan fingerprint density at radius 3 is 2.31 bits per heavy atom. The number of fused-ring (bicyclic) bond motifs is 1. The lowest BCUT2D eigenvalue weighted by molar-refractivity contribution is -0.137. The summed E-state index contributed by atoms with van der Waals surface area (Å²) in [5, 5.41) is 10.2. The third-order valence-corrected chi connectivity index (χ3v) is 7.42. The van der Waals surface area contributed by atoms with Crippen molar-refractivity contribution in [2.75, 3.05) is 18.0 Å². The highest BCUT2D eigenvalue weighted by atomic mass is 79.9. The molecule has 1 N–H and O–H groups in total. The van der Waals surface area contributed by atoms with E-state index < -0.39 is 5.97 Å². The number of carboxylic acid groups (broad SMARTS) is 1. The molecule has 6 heteroatoms. The van der Waals surface area contributed by atoms with Crippen molar-refractivity contribution in [3.63, 3.8) is 0 Å². The van der Waals surface area contributed by atoms with Crippen molar-refractivity contribution in [3.8, 4) is 5.69 Å². The van der Waals surface area contributed by atoms with Crippen LogP contribution < -0.4 is 4.90 Å². The Kier molecular flexibility index (Phi) is 6.35. The van der Waals surface area contributed by atoms with Crippen LogP contribution in [0.2, 0.25) is 0 Å². The van der Waals surface area contributed by atoms with Gasteiger partial charge in [0, 0.05) is 40.8 Å². The fourth-order valence-electron chi connectivity index (χ4n) is 5.24. The Hall–Kier alpha value is -2.34. The summed E-state index contributed by atoms with van der Waals surface area (Å²) >= 11 is 3.63. The Morgan fingerprint density at radius 1 is 1.09 bits per heavy atom. The van der Waals surface area contributed by atoms with E-state index in [1.165, 1.54) is 39.0 Å². The van der Waals surface area contributed by atoms with Crippen molar-refractivity contribution in [2.45, 2.75) is 60.3 Å². The van der Waals surface area contributed by atoms with Gasteiger partial charge in [-0.05, 0) is 94.7 Å². The number of halogens is 1. The Morgan fingerprint density at radius 2 is 1.72 bits per heavy atom. The summed E-state index contributed by atoms with van der Waals surface area (Å²) in [4.78, 5) is 18.4. The SMILES string of the molecule is Cc1cc2c(c(N3CCC(CCC(=O)O)CC3)n1)c(C)c(C)n2-c1c(C)cc(Br)cc1C. The molecule has 1 aliphatic rings. The third kappa shape index (κ3) is 4.17. The zero-order valence-electron chi connectivity index (χ0n) is 19.6. The summed E-state index contributed by atoms with van der Waals surface area (Å²) in [6.45, 7) is 12.7. The van der Waals surface area contributed by atoms with Crippen molar-refractivity contribution < 1.29 is 9.90 Å². The summed E-state index contributed by atoms with van der Waals surface area (Å²) in [6.07, 6.45) is 3.09. The second-order valence-electron chi connectivity index (χ2n) is 9.28. The number of anilines is 1. The summed E-state index contributed by atoms with van der Waals surface area (Å²) in [5.41, 5.74) is 8.48. The molecule has 1 aromatic carbocycles. The van der Waals surface area contributed by atoms with E-state index in [9.17, 15) is 4.79 Å². The minimum absolute atomic E-state index is 0.269. The van der Waals surface area contributed by atoms with E-state index in [-0.39, 0.29) is 6.42 Å². The number of hydrogen-bond acceptors (Lipinski definition) is 3. The van der Waals surface area contributed by atoms with E-state index in [1.54, 1.807) is 0 Å². The molecule has 4 rings (SSSR count). The second kappa shape index (κ2) is 8.89. The van der Waals surface area contributed by atoms with E-state index in [0.717, 1.165) is 48.3 Å². The second-order valence-corrected chi connectivity index (χ2v) is 10.2. The molecule has 0 bridgehead atoms. The van der Waals surface area contributed by atoms with Crippen LogP contribution in [0.15, 0.2) is 22.7 Å². The summed E-state index contributed by atoms with van der Waals surface area (Å²) in [5.74, 6) is 0.868. The molecule has 0 radical (unpaired) electrons. The van der Waals surface area contributed by atoms with Crippen molar-refractivity contribution in [1.29, 1.82) is 0 Å². The first kappa shape index (κ1) is 22.8. The molecule has 0 atom stereocenters. The molecule has 0 amide bonds. The Bertz CT molecular complexity index is 1170. The maximum Gasteiger partial charge on any atom is 0.303 e. The van der Waals surface area contributed by atoms with Gasteiger partial charge in [-0.1, -0.05) is 15.9 Å². The molecular weight excluding hydrogens is 466 g/mol. The molecule has 2 aromatic heterocycles. The number of piperidine rings is 1. The number of rotatable bonds is 5. The molecule has 0 spiro atoms. The van der Waals surface area contributed by atoms with Crippen LogP contribution >= 0.6 is 15.9 Å². The van der Waals surface area contributed by atoms with Gasteiger partial charge in [0.2, 0.25) is 0 Å². The number of hydrogen-bond donors (Lipinski definition) is 1. The van der Waals surface area contributed by atoms with Crippen molar-refractivity contribution >= 4 is 38.6 Å². The molecule has 0 aliphatic carbocycles. The number of aliphatic carboxylic acids is 1. The molecule has 1 fully saturated rings. The van der Waals surface area contributed by atoms with Gasteiger partial charge in [0.1, 0.15) is 5.82 Å². The first-order valence-electron chi connectivity index (χ1n) is 11.4. The number of carboxylic acids is 1. The van der Waals surface area contributed by atoms with Crippen LogP contribution in [0.25, 0.3) is 16.6 Å². The topological polar surface area (TPSA) is 58.4 Å². The van der Waals surface area contributed by atoms with Gasteiger partial charge in [-0.25, -0.2) is 4.98 Å². The van der Waals surface area contributed by atoms with Gasteiger partial charge < -0.3 is 14.6 Å². The molecule has 1 saturated heterocycles. The smallest absolute Gasteiger partial charge is 0.303 e. The lowest BCUT2D eigenvalue weighted by Gasteiger charge is -2.33. The van der Waals surface area contributed by atoms with Gasteiger partial charge in [-0.3, -0.25) is 4.79 Å². The van der Waals surface area contributed by atoms with Crippen LogP contribution in [0.1, 0.15) is 53.8 Å². The number of aromatic nitrogens is 2. The quantitative estimate of drug-likeness (QED) is 0.442. The van der Waals surface area contributed by atoms with Gasteiger partial charge >= 0.3 is 5.97 Å². The number of nitrogens with zero attached hydrogens (tertiary/aromatic N) is 3. The monoisotopic (exact) mass is 497 g/mol.